The summed E-state index contributed by atoms with van der Waals surface area (Å²) in [6.07, 6.45) is 5.18. The lowest BCUT2D eigenvalue weighted by Crippen LogP contribution is -2.43. The van der Waals surface area contributed by atoms with Gasteiger partial charge < -0.3 is 5.32 Å². The van der Waals surface area contributed by atoms with Gasteiger partial charge in [0, 0.05) is 11.7 Å². The smallest absolute Gasteiger partial charge is 0.254 e. The Morgan fingerprint density at radius 2 is 2.24 bits per heavy atom. The van der Waals surface area contributed by atoms with Crippen LogP contribution in [0.1, 0.15) is 49.2 Å². The number of nitrogens with one attached hydrogen (secondary N) is 2. The maximum atomic E-state index is 12.1. The number of nitrogens with zero attached hydrogens (tertiary/aromatic N) is 1. The second-order valence-electron chi connectivity index (χ2n) is 5.26. The number of aromatic amines is 1. The largest absolute Gasteiger partial charge is 0.349 e. The number of aryl methyl sites for hydroxylation is 1. The van der Waals surface area contributed by atoms with Crippen LogP contribution in [-0.2, 0) is 0 Å². The third-order valence-electron chi connectivity index (χ3n) is 4.10. The summed E-state index contributed by atoms with van der Waals surface area (Å²) in [6.45, 7) is 6.37. The summed E-state index contributed by atoms with van der Waals surface area (Å²) in [4.78, 5) is 12.1. The minimum atomic E-state index is 0.00204. The van der Waals surface area contributed by atoms with Crippen LogP contribution in [0, 0.1) is 18.8 Å². The molecule has 1 amide bonds. The number of H-pyrrole nitrogens is 1. The molecule has 2 N–H and O–H groups in total. The number of rotatable bonds is 2. The first-order valence-corrected chi connectivity index (χ1v) is 6.40. The van der Waals surface area contributed by atoms with Crippen molar-refractivity contribution >= 4 is 5.91 Å². The second kappa shape index (κ2) is 4.90. The van der Waals surface area contributed by atoms with Gasteiger partial charge in [0.05, 0.1) is 11.8 Å². The molecule has 0 radical (unpaired) electrons. The first-order chi connectivity index (χ1) is 8.09. The van der Waals surface area contributed by atoms with Crippen LogP contribution in [0.25, 0.3) is 0 Å². The number of carbonyl (C=O) groups is 1. The lowest BCUT2D eigenvalue weighted by molar-refractivity contribution is 0.0890. The zero-order chi connectivity index (χ0) is 12.4. The first-order valence-electron chi connectivity index (χ1n) is 6.40. The molecule has 1 aliphatic rings. The van der Waals surface area contributed by atoms with Crippen LogP contribution >= 0.6 is 0 Å². The van der Waals surface area contributed by atoms with Crippen molar-refractivity contribution in [3.05, 3.63) is 17.5 Å². The standard InChI is InChI=1S/C13H21N3O/c1-8-5-4-6-12(9(8)2)15-13(17)11-7-14-16-10(11)3/h7-9,12H,4-6H2,1-3H3,(H,14,16)(H,15,17). The fraction of sp³-hybridized carbons (Fsp3) is 0.692. The lowest BCUT2D eigenvalue weighted by Gasteiger charge is -2.34. The van der Waals surface area contributed by atoms with Gasteiger partial charge in [-0.2, -0.15) is 5.10 Å². The van der Waals surface area contributed by atoms with Crippen molar-refractivity contribution in [1.82, 2.24) is 15.5 Å². The highest BCUT2D eigenvalue weighted by Gasteiger charge is 2.28. The Morgan fingerprint density at radius 3 is 2.88 bits per heavy atom. The minimum Gasteiger partial charge on any atom is -0.349 e. The Balaban J connectivity index is 2.01. The Kier molecular flexibility index (Phi) is 3.50. The van der Waals surface area contributed by atoms with E-state index in [1.165, 1.54) is 12.8 Å². The van der Waals surface area contributed by atoms with Crippen LogP contribution in [-0.4, -0.2) is 22.1 Å². The van der Waals surface area contributed by atoms with Gasteiger partial charge in [-0.05, 0) is 25.2 Å². The van der Waals surface area contributed by atoms with Crippen LogP contribution in [0.4, 0.5) is 0 Å². The summed E-state index contributed by atoms with van der Waals surface area (Å²) in [5, 5.41) is 9.82. The quantitative estimate of drug-likeness (QED) is 0.826. The third kappa shape index (κ3) is 2.51. The first kappa shape index (κ1) is 12.1. The minimum absolute atomic E-state index is 0.00204. The monoisotopic (exact) mass is 235 g/mol. The topological polar surface area (TPSA) is 57.8 Å². The molecule has 94 valence electrons. The van der Waals surface area contributed by atoms with E-state index < -0.39 is 0 Å². The predicted octanol–water partition coefficient (Wildman–Crippen LogP) is 2.27. The summed E-state index contributed by atoms with van der Waals surface area (Å²) in [6, 6.07) is 0.306. The van der Waals surface area contributed by atoms with Gasteiger partial charge in [0.1, 0.15) is 0 Å². The molecule has 1 aromatic heterocycles. The Labute approximate surface area is 102 Å². The molecule has 1 heterocycles. The Hall–Kier alpha value is -1.32. The van der Waals surface area contributed by atoms with Crippen molar-refractivity contribution in [2.24, 2.45) is 11.8 Å². The Bertz CT molecular complexity index is 399. The van der Waals surface area contributed by atoms with Crippen molar-refractivity contribution in [2.75, 3.05) is 0 Å². The molecule has 0 saturated heterocycles. The van der Waals surface area contributed by atoms with Crippen LogP contribution in [0.3, 0.4) is 0 Å². The van der Waals surface area contributed by atoms with E-state index in [0.29, 0.717) is 23.4 Å². The number of hydrogen-bond acceptors (Lipinski definition) is 2. The SMILES string of the molecule is Cc1[nH]ncc1C(=O)NC1CCCC(C)C1C. The fourth-order valence-electron chi connectivity index (χ4n) is 2.61. The molecule has 0 aliphatic heterocycles. The van der Waals surface area contributed by atoms with Gasteiger partial charge in [-0.25, -0.2) is 0 Å². The molecule has 2 rings (SSSR count). The van der Waals surface area contributed by atoms with E-state index in [-0.39, 0.29) is 5.91 Å². The van der Waals surface area contributed by atoms with E-state index in [9.17, 15) is 4.79 Å². The van der Waals surface area contributed by atoms with E-state index in [1.54, 1.807) is 6.20 Å². The van der Waals surface area contributed by atoms with Crippen molar-refractivity contribution in [1.29, 1.82) is 0 Å². The molecule has 0 bridgehead atoms. The van der Waals surface area contributed by atoms with E-state index in [0.717, 1.165) is 12.1 Å². The summed E-state index contributed by atoms with van der Waals surface area (Å²) in [7, 11) is 0. The highest BCUT2D eigenvalue weighted by atomic mass is 16.1. The molecule has 4 nitrogen and oxygen atoms in total. The van der Waals surface area contributed by atoms with Crippen molar-refractivity contribution in [2.45, 2.75) is 46.1 Å². The zero-order valence-corrected chi connectivity index (χ0v) is 10.8. The number of aromatic nitrogens is 2. The molecule has 4 heteroatoms. The van der Waals surface area contributed by atoms with Gasteiger partial charge >= 0.3 is 0 Å². The lowest BCUT2D eigenvalue weighted by atomic mass is 9.78. The van der Waals surface area contributed by atoms with E-state index in [2.05, 4.69) is 29.4 Å². The molecule has 3 atom stereocenters. The van der Waals surface area contributed by atoms with Gasteiger partial charge in [-0.15, -0.1) is 0 Å². The highest BCUT2D eigenvalue weighted by molar-refractivity contribution is 5.95. The Morgan fingerprint density at radius 1 is 1.47 bits per heavy atom. The maximum absolute atomic E-state index is 12.1. The molecule has 1 aliphatic carbocycles. The predicted molar refractivity (Wildman–Crippen MR) is 66.8 cm³/mol. The molecular weight excluding hydrogens is 214 g/mol. The molecule has 1 saturated carbocycles. The van der Waals surface area contributed by atoms with Gasteiger partial charge in [0.25, 0.3) is 5.91 Å². The van der Waals surface area contributed by atoms with E-state index >= 15 is 0 Å². The molecule has 0 spiro atoms. The van der Waals surface area contributed by atoms with Crippen LogP contribution in [0.15, 0.2) is 6.20 Å². The van der Waals surface area contributed by atoms with Crippen molar-refractivity contribution in [3.63, 3.8) is 0 Å². The van der Waals surface area contributed by atoms with Crippen LogP contribution in [0.2, 0.25) is 0 Å². The van der Waals surface area contributed by atoms with Crippen molar-refractivity contribution in [3.8, 4) is 0 Å². The fourth-order valence-corrected chi connectivity index (χ4v) is 2.61. The number of amides is 1. The number of hydrogen-bond donors (Lipinski definition) is 2. The number of carbonyl (C=O) groups excluding carboxylic acids is 1. The van der Waals surface area contributed by atoms with E-state index in [1.807, 2.05) is 6.92 Å². The zero-order valence-electron chi connectivity index (χ0n) is 10.8. The molecule has 0 aromatic carbocycles. The summed E-state index contributed by atoms with van der Waals surface area (Å²) >= 11 is 0. The molecule has 3 unspecified atom stereocenters. The summed E-state index contributed by atoms with van der Waals surface area (Å²) < 4.78 is 0. The highest BCUT2D eigenvalue weighted by Crippen LogP contribution is 2.29. The summed E-state index contributed by atoms with van der Waals surface area (Å²) in [5.41, 5.74) is 1.49. The second-order valence-corrected chi connectivity index (χ2v) is 5.26. The molecule has 1 aromatic rings. The average Bonchev–Trinajstić information content (AvgIpc) is 2.71. The van der Waals surface area contributed by atoms with E-state index in [4.69, 9.17) is 0 Å². The van der Waals surface area contributed by atoms with Gasteiger partial charge in [-0.3, -0.25) is 9.89 Å². The average molecular weight is 235 g/mol. The van der Waals surface area contributed by atoms with Crippen LogP contribution in [0.5, 0.6) is 0 Å². The van der Waals surface area contributed by atoms with Gasteiger partial charge in [0.2, 0.25) is 0 Å². The summed E-state index contributed by atoms with van der Waals surface area (Å²) in [5.74, 6) is 1.25. The molecular formula is C13H21N3O. The maximum Gasteiger partial charge on any atom is 0.254 e. The normalized spacial score (nSPS) is 29.0. The molecule has 17 heavy (non-hydrogen) atoms. The van der Waals surface area contributed by atoms with Gasteiger partial charge in [-0.1, -0.05) is 26.7 Å². The molecule has 1 fully saturated rings. The van der Waals surface area contributed by atoms with Crippen molar-refractivity contribution < 1.29 is 4.79 Å². The van der Waals surface area contributed by atoms with Crippen LogP contribution < -0.4 is 5.32 Å². The third-order valence-corrected chi connectivity index (χ3v) is 4.10. The van der Waals surface area contributed by atoms with Gasteiger partial charge in [0.15, 0.2) is 0 Å².